The Labute approximate surface area is 131 Å². The van der Waals surface area contributed by atoms with Crippen LogP contribution in [-0.2, 0) is 0 Å². The number of nitrogen functional groups attached to an aromatic ring is 1. The second-order valence-corrected chi connectivity index (χ2v) is 5.85. The van der Waals surface area contributed by atoms with Gasteiger partial charge in [0.25, 0.3) is 5.91 Å². The largest absolute Gasteiger partial charge is 0.397 e. The first-order valence-electron chi connectivity index (χ1n) is 5.15. The number of hydrogen-bond acceptors (Lipinski definition) is 3. The Balaban J connectivity index is 2.28. The highest BCUT2D eigenvalue weighted by Gasteiger charge is 2.13. The summed E-state index contributed by atoms with van der Waals surface area (Å²) >= 11 is 12.6. The lowest BCUT2D eigenvalue weighted by atomic mass is 10.2. The molecule has 2 rings (SSSR count). The third kappa shape index (κ3) is 3.46. The van der Waals surface area contributed by atoms with Crippen molar-refractivity contribution in [1.82, 2.24) is 4.98 Å². The fraction of sp³-hybridized carbons (Fsp3) is 0. The maximum Gasteiger partial charge on any atom is 0.258 e. The van der Waals surface area contributed by atoms with Gasteiger partial charge >= 0.3 is 0 Å². The van der Waals surface area contributed by atoms with Crippen LogP contribution in [0.2, 0.25) is 5.02 Å². The summed E-state index contributed by atoms with van der Waals surface area (Å²) in [6.45, 7) is 0. The summed E-state index contributed by atoms with van der Waals surface area (Å²) in [4.78, 5) is 16.2. The number of nitrogens with zero attached hydrogens (tertiary/aromatic N) is 1. The molecule has 2 aromatic rings. The maximum atomic E-state index is 12.1. The SMILES string of the molecule is Nc1cnc(NC(=O)c2cc(Br)ccc2Cl)c(Br)c1. The average Bonchev–Trinajstić information content (AvgIpc) is 2.35. The minimum Gasteiger partial charge on any atom is -0.397 e. The van der Waals surface area contributed by atoms with Gasteiger partial charge in [-0.3, -0.25) is 4.79 Å². The second kappa shape index (κ2) is 5.90. The third-order valence-electron chi connectivity index (χ3n) is 2.27. The molecule has 0 aliphatic carbocycles. The van der Waals surface area contributed by atoms with Crippen molar-refractivity contribution >= 4 is 60.9 Å². The van der Waals surface area contributed by atoms with Crippen molar-refractivity contribution in [2.24, 2.45) is 0 Å². The predicted octanol–water partition coefficient (Wildman–Crippen LogP) is 4.09. The molecule has 0 aliphatic heterocycles. The van der Waals surface area contributed by atoms with Crippen molar-refractivity contribution in [3.05, 3.63) is 50.0 Å². The maximum absolute atomic E-state index is 12.1. The molecule has 4 nitrogen and oxygen atoms in total. The number of benzene rings is 1. The Morgan fingerprint density at radius 3 is 2.74 bits per heavy atom. The number of rotatable bonds is 2. The Kier molecular flexibility index (Phi) is 4.44. The molecule has 1 aromatic heterocycles. The minimum absolute atomic E-state index is 0.343. The molecule has 1 heterocycles. The van der Waals surface area contributed by atoms with E-state index in [1.54, 1.807) is 24.3 Å². The highest BCUT2D eigenvalue weighted by Crippen LogP contribution is 2.25. The molecule has 0 unspecified atom stereocenters. The summed E-state index contributed by atoms with van der Waals surface area (Å²) in [5.41, 5.74) is 6.45. The minimum atomic E-state index is -0.343. The van der Waals surface area contributed by atoms with E-state index >= 15 is 0 Å². The molecule has 0 saturated carbocycles. The Bertz CT molecular complexity index is 649. The van der Waals surface area contributed by atoms with Crippen LogP contribution in [0.25, 0.3) is 0 Å². The molecule has 19 heavy (non-hydrogen) atoms. The van der Waals surface area contributed by atoms with Crippen LogP contribution >= 0.6 is 43.5 Å². The molecular formula is C12H8Br2ClN3O. The van der Waals surface area contributed by atoms with Crippen LogP contribution in [0.4, 0.5) is 11.5 Å². The van der Waals surface area contributed by atoms with E-state index in [0.717, 1.165) is 4.47 Å². The Morgan fingerprint density at radius 1 is 1.32 bits per heavy atom. The van der Waals surface area contributed by atoms with Crippen molar-refractivity contribution in [3.8, 4) is 0 Å². The zero-order valence-corrected chi connectivity index (χ0v) is 13.4. The number of nitrogens with one attached hydrogen (secondary N) is 1. The zero-order valence-electron chi connectivity index (χ0n) is 9.45. The van der Waals surface area contributed by atoms with Crippen molar-refractivity contribution < 1.29 is 4.79 Å². The van der Waals surface area contributed by atoms with Crippen LogP contribution in [0, 0.1) is 0 Å². The van der Waals surface area contributed by atoms with Crippen LogP contribution in [0.3, 0.4) is 0 Å². The van der Waals surface area contributed by atoms with Gasteiger partial charge in [-0.05, 0) is 40.2 Å². The van der Waals surface area contributed by atoms with Gasteiger partial charge in [-0.1, -0.05) is 27.5 Å². The fourth-order valence-corrected chi connectivity index (χ4v) is 2.42. The third-order valence-corrected chi connectivity index (χ3v) is 3.69. The van der Waals surface area contributed by atoms with Gasteiger partial charge in [-0.2, -0.15) is 0 Å². The zero-order chi connectivity index (χ0) is 14.0. The predicted molar refractivity (Wildman–Crippen MR) is 83.5 cm³/mol. The number of anilines is 2. The number of halogens is 3. The van der Waals surface area contributed by atoms with E-state index < -0.39 is 0 Å². The van der Waals surface area contributed by atoms with E-state index in [1.165, 1.54) is 6.20 Å². The number of amides is 1. The van der Waals surface area contributed by atoms with Gasteiger partial charge in [0.15, 0.2) is 0 Å². The molecule has 0 radical (unpaired) electrons. The summed E-state index contributed by atoms with van der Waals surface area (Å²) in [7, 11) is 0. The molecule has 0 atom stereocenters. The van der Waals surface area contributed by atoms with Gasteiger partial charge in [0.2, 0.25) is 0 Å². The Hall–Kier alpha value is -1.11. The first-order chi connectivity index (χ1) is 8.97. The molecule has 0 saturated heterocycles. The summed E-state index contributed by atoms with van der Waals surface area (Å²) in [6.07, 6.45) is 1.46. The summed E-state index contributed by atoms with van der Waals surface area (Å²) in [5.74, 6) is 0.0412. The molecule has 0 aliphatic rings. The van der Waals surface area contributed by atoms with Gasteiger partial charge in [0, 0.05) is 4.47 Å². The van der Waals surface area contributed by atoms with Gasteiger partial charge in [-0.25, -0.2) is 4.98 Å². The van der Waals surface area contributed by atoms with Crippen LogP contribution in [0.1, 0.15) is 10.4 Å². The molecule has 7 heteroatoms. The monoisotopic (exact) mass is 403 g/mol. The van der Waals surface area contributed by atoms with E-state index in [0.29, 0.717) is 26.6 Å². The van der Waals surface area contributed by atoms with Crippen molar-refractivity contribution in [3.63, 3.8) is 0 Å². The molecule has 0 fully saturated rings. The first kappa shape index (κ1) is 14.3. The first-order valence-corrected chi connectivity index (χ1v) is 7.11. The van der Waals surface area contributed by atoms with Crippen LogP contribution in [0.15, 0.2) is 39.4 Å². The van der Waals surface area contributed by atoms with E-state index in [9.17, 15) is 4.79 Å². The highest BCUT2D eigenvalue weighted by atomic mass is 79.9. The van der Waals surface area contributed by atoms with Crippen molar-refractivity contribution in [1.29, 1.82) is 0 Å². The summed E-state index contributed by atoms with van der Waals surface area (Å²) < 4.78 is 1.37. The summed E-state index contributed by atoms with van der Waals surface area (Å²) in [6, 6.07) is 6.70. The number of carbonyl (C=O) groups is 1. The van der Waals surface area contributed by atoms with Crippen LogP contribution in [-0.4, -0.2) is 10.9 Å². The smallest absolute Gasteiger partial charge is 0.258 e. The van der Waals surface area contributed by atoms with Crippen molar-refractivity contribution in [2.45, 2.75) is 0 Å². The standard InChI is InChI=1S/C12H8Br2ClN3O/c13-6-1-2-10(15)8(3-6)12(19)18-11-9(14)4-7(16)5-17-11/h1-5H,16H2,(H,17,18,19). The topological polar surface area (TPSA) is 68.0 Å². The molecule has 1 aromatic carbocycles. The lowest BCUT2D eigenvalue weighted by Gasteiger charge is -2.08. The fourth-order valence-electron chi connectivity index (χ4n) is 1.39. The number of aromatic nitrogens is 1. The van der Waals surface area contributed by atoms with Gasteiger partial charge in [0.05, 0.1) is 26.9 Å². The van der Waals surface area contributed by atoms with E-state index in [4.69, 9.17) is 17.3 Å². The van der Waals surface area contributed by atoms with Gasteiger partial charge < -0.3 is 11.1 Å². The molecule has 3 N–H and O–H groups in total. The van der Waals surface area contributed by atoms with E-state index in [-0.39, 0.29) is 5.91 Å². The lowest BCUT2D eigenvalue weighted by Crippen LogP contribution is -2.14. The van der Waals surface area contributed by atoms with Crippen molar-refractivity contribution in [2.75, 3.05) is 11.1 Å². The van der Waals surface area contributed by atoms with Gasteiger partial charge in [-0.15, -0.1) is 0 Å². The summed E-state index contributed by atoms with van der Waals surface area (Å²) in [5, 5.41) is 3.03. The van der Waals surface area contributed by atoms with Crippen LogP contribution < -0.4 is 11.1 Å². The van der Waals surface area contributed by atoms with Crippen LogP contribution in [0.5, 0.6) is 0 Å². The lowest BCUT2D eigenvalue weighted by molar-refractivity contribution is 0.102. The molecule has 0 bridgehead atoms. The number of hydrogen-bond donors (Lipinski definition) is 2. The number of pyridine rings is 1. The van der Waals surface area contributed by atoms with E-state index in [2.05, 4.69) is 42.2 Å². The molecule has 98 valence electrons. The van der Waals surface area contributed by atoms with Gasteiger partial charge in [0.1, 0.15) is 5.82 Å². The highest BCUT2D eigenvalue weighted by molar-refractivity contribution is 9.10. The average molecular weight is 405 g/mol. The molecule has 0 spiro atoms. The number of nitrogens with two attached hydrogens (primary N) is 1. The molecule has 1 amide bonds. The molecular weight excluding hydrogens is 397 g/mol. The second-order valence-electron chi connectivity index (χ2n) is 3.68. The Morgan fingerprint density at radius 2 is 2.05 bits per heavy atom. The quantitative estimate of drug-likeness (QED) is 0.791. The normalized spacial score (nSPS) is 10.3. The van der Waals surface area contributed by atoms with E-state index in [1.807, 2.05) is 0 Å². The number of carbonyl (C=O) groups excluding carboxylic acids is 1.